The van der Waals surface area contributed by atoms with Crippen LogP contribution in [0.1, 0.15) is 22.7 Å². The molecule has 0 unspecified atom stereocenters. The van der Waals surface area contributed by atoms with Crippen molar-refractivity contribution >= 4 is 24.8 Å². The van der Waals surface area contributed by atoms with Crippen molar-refractivity contribution in [3.05, 3.63) is 95.1 Å². The minimum atomic E-state index is -0.259. The summed E-state index contributed by atoms with van der Waals surface area (Å²) in [5.74, 6) is 1.08. The summed E-state index contributed by atoms with van der Waals surface area (Å²) >= 11 is 0. The summed E-state index contributed by atoms with van der Waals surface area (Å²) in [4.78, 5) is 4.77. The molecular formula is C26H34Cl2F2N2O4. The highest BCUT2D eigenvalue weighted by Crippen LogP contribution is 2.31. The molecule has 0 saturated carbocycles. The molecular weight excluding hydrogens is 513 g/mol. The van der Waals surface area contributed by atoms with Gasteiger partial charge in [-0.25, -0.2) is 8.78 Å². The van der Waals surface area contributed by atoms with Gasteiger partial charge in [-0.1, -0.05) is 30.3 Å². The average Bonchev–Trinajstić information content (AvgIpc) is 2.83. The van der Waals surface area contributed by atoms with Gasteiger partial charge in [0.05, 0.1) is 20.3 Å². The molecule has 0 aliphatic carbocycles. The van der Waals surface area contributed by atoms with Crippen LogP contribution in [0.4, 0.5) is 8.78 Å². The van der Waals surface area contributed by atoms with E-state index in [1.165, 1.54) is 24.3 Å². The van der Waals surface area contributed by atoms with E-state index >= 15 is 0 Å². The maximum atomic E-state index is 13.5. The third-order valence-corrected chi connectivity index (χ3v) is 6.03. The van der Waals surface area contributed by atoms with Crippen molar-refractivity contribution in [3.8, 4) is 11.5 Å². The van der Waals surface area contributed by atoms with E-state index in [0.29, 0.717) is 0 Å². The standard InChI is InChI=1S/C26H28F2N2O2.2ClH.2H2O/c1-31-24-12-7-21(25(17-24)32-2)18-29-13-15-30(16-14-29)26(19-3-8-22(27)9-4-19)20-5-10-23(28)11-6-20;;;;/h3-12,17,26H,13-16,18H2,1-2H3;2*1H;2*1H2. The summed E-state index contributed by atoms with van der Waals surface area (Å²) in [7, 11) is 3.32. The molecule has 200 valence electrons. The summed E-state index contributed by atoms with van der Waals surface area (Å²) in [6, 6.07) is 19.1. The molecule has 1 aliphatic rings. The van der Waals surface area contributed by atoms with Crippen molar-refractivity contribution in [1.29, 1.82) is 0 Å². The van der Waals surface area contributed by atoms with Crippen LogP contribution in [0.15, 0.2) is 66.7 Å². The molecule has 10 heteroatoms. The normalized spacial score (nSPS) is 13.5. The Morgan fingerprint density at radius 2 is 1.22 bits per heavy atom. The lowest BCUT2D eigenvalue weighted by molar-refractivity contribution is 0.104. The number of piperazine rings is 1. The SMILES string of the molecule is COc1ccc(CN2CCN(C(c3ccc(F)cc3)c3ccc(F)cc3)CC2)c(OC)c1.Cl.Cl.O.O. The predicted octanol–water partition coefficient (Wildman–Crippen LogP) is 4.08. The number of hydrogen-bond acceptors (Lipinski definition) is 4. The minimum Gasteiger partial charge on any atom is -0.497 e. The Bertz CT molecular complexity index is 990. The third-order valence-electron chi connectivity index (χ3n) is 6.03. The van der Waals surface area contributed by atoms with Gasteiger partial charge in [-0.05, 0) is 41.5 Å². The first-order valence-electron chi connectivity index (χ1n) is 10.8. The zero-order valence-corrected chi connectivity index (χ0v) is 21.9. The van der Waals surface area contributed by atoms with Crippen molar-refractivity contribution in [3.63, 3.8) is 0 Å². The third kappa shape index (κ3) is 8.03. The molecule has 4 N–H and O–H groups in total. The van der Waals surface area contributed by atoms with E-state index in [2.05, 4.69) is 9.80 Å². The Kier molecular flexibility index (Phi) is 14.5. The second-order valence-corrected chi connectivity index (χ2v) is 8.00. The predicted molar refractivity (Wildman–Crippen MR) is 143 cm³/mol. The zero-order chi connectivity index (χ0) is 22.5. The van der Waals surface area contributed by atoms with E-state index in [0.717, 1.165) is 60.9 Å². The molecule has 1 heterocycles. The first kappa shape index (κ1) is 33.5. The van der Waals surface area contributed by atoms with Crippen LogP contribution < -0.4 is 9.47 Å². The Morgan fingerprint density at radius 1 is 0.722 bits per heavy atom. The molecule has 3 aromatic carbocycles. The molecule has 0 spiro atoms. The van der Waals surface area contributed by atoms with Crippen molar-refractivity contribution in [2.45, 2.75) is 12.6 Å². The molecule has 36 heavy (non-hydrogen) atoms. The summed E-state index contributed by atoms with van der Waals surface area (Å²) in [5, 5.41) is 0. The van der Waals surface area contributed by atoms with Gasteiger partial charge in [-0.15, -0.1) is 24.8 Å². The van der Waals surface area contributed by atoms with Crippen LogP contribution in [-0.4, -0.2) is 61.2 Å². The lowest BCUT2D eigenvalue weighted by atomic mass is 9.96. The molecule has 0 radical (unpaired) electrons. The molecule has 1 aliphatic heterocycles. The van der Waals surface area contributed by atoms with E-state index in [9.17, 15) is 8.78 Å². The van der Waals surface area contributed by atoms with E-state index in [-0.39, 0.29) is 53.4 Å². The molecule has 0 amide bonds. The van der Waals surface area contributed by atoms with E-state index in [4.69, 9.17) is 9.47 Å². The van der Waals surface area contributed by atoms with Gasteiger partial charge in [0.2, 0.25) is 0 Å². The largest absolute Gasteiger partial charge is 0.497 e. The number of halogens is 4. The van der Waals surface area contributed by atoms with Gasteiger partial charge in [0.25, 0.3) is 0 Å². The monoisotopic (exact) mass is 546 g/mol. The van der Waals surface area contributed by atoms with Crippen LogP contribution in [-0.2, 0) is 6.54 Å². The van der Waals surface area contributed by atoms with Crippen LogP contribution in [0.25, 0.3) is 0 Å². The fourth-order valence-electron chi connectivity index (χ4n) is 4.31. The lowest BCUT2D eigenvalue weighted by Gasteiger charge is -2.40. The molecule has 4 rings (SSSR count). The minimum absolute atomic E-state index is 0. The number of methoxy groups -OCH3 is 2. The topological polar surface area (TPSA) is 87.9 Å². The molecule has 1 saturated heterocycles. The molecule has 0 aromatic heterocycles. The van der Waals surface area contributed by atoms with Crippen LogP contribution >= 0.6 is 24.8 Å². The maximum absolute atomic E-state index is 13.5. The van der Waals surface area contributed by atoms with Gasteiger partial charge < -0.3 is 20.4 Å². The van der Waals surface area contributed by atoms with Crippen LogP contribution in [0.2, 0.25) is 0 Å². The number of benzene rings is 3. The second kappa shape index (κ2) is 15.6. The Hall–Kier alpha value is -2.46. The fourth-order valence-corrected chi connectivity index (χ4v) is 4.31. The zero-order valence-electron chi connectivity index (χ0n) is 20.2. The highest BCUT2D eigenvalue weighted by molar-refractivity contribution is 5.85. The Labute approximate surface area is 223 Å². The maximum Gasteiger partial charge on any atom is 0.127 e. The van der Waals surface area contributed by atoms with E-state index in [1.807, 2.05) is 42.5 Å². The Morgan fingerprint density at radius 3 is 1.67 bits per heavy atom. The fraction of sp³-hybridized carbons (Fsp3) is 0.308. The Balaban J connectivity index is 0.00000306. The van der Waals surface area contributed by atoms with Crippen LogP contribution in [0, 0.1) is 11.6 Å². The molecule has 6 nitrogen and oxygen atoms in total. The van der Waals surface area contributed by atoms with Crippen molar-refractivity contribution < 1.29 is 29.2 Å². The molecule has 0 atom stereocenters. The lowest BCUT2D eigenvalue weighted by Crippen LogP contribution is -2.47. The molecule has 3 aromatic rings. The smallest absolute Gasteiger partial charge is 0.127 e. The summed E-state index contributed by atoms with van der Waals surface area (Å²) in [6.07, 6.45) is 0. The molecule has 1 fully saturated rings. The average molecular weight is 547 g/mol. The van der Waals surface area contributed by atoms with Gasteiger partial charge >= 0.3 is 0 Å². The van der Waals surface area contributed by atoms with E-state index < -0.39 is 0 Å². The van der Waals surface area contributed by atoms with Crippen LogP contribution in [0.5, 0.6) is 11.5 Å². The number of hydrogen-bond donors (Lipinski definition) is 0. The second-order valence-electron chi connectivity index (χ2n) is 8.00. The number of ether oxygens (including phenoxy) is 2. The highest BCUT2D eigenvalue weighted by Gasteiger charge is 2.27. The van der Waals surface area contributed by atoms with Gasteiger partial charge in [0.1, 0.15) is 23.1 Å². The van der Waals surface area contributed by atoms with Gasteiger partial charge in [0.15, 0.2) is 0 Å². The van der Waals surface area contributed by atoms with Crippen molar-refractivity contribution in [2.75, 3.05) is 40.4 Å². The van der Waals surface area contributed by atoms with Gasteiger partial charge in [-0.3, -0.25) is 9.80 Å². The van der Waals surface area contributed by atoms with Crippen LogP contribution in [0.3, 0.4) is 0 Å². The number of rotatable bonds is 7. The quantitative estimate of drug-likeness (QED) is 0.446. The number of nitrogens with zero attached hydrogens (tertiary/aromatic N) is 2. The van der Waals surface area contributed by atoms with Crippen molar-refractivity contribution in [1.82, 2.24) is 9.80 Å². The summed E-state index contributed by atoms with van der Waals surface area (Å²) in [6.45, 7) is 4.25. The summed E-state index contributed by atoms with van der Waals surface area (Å²) in [5.41, 5.74) is 3.13. The molecule has 0 bridgehead atoms. The van der Waals surface area contributed by atoms with E-state index in [1.54, 1.807) is 14.2 Å². The first-order valence-corrected chi connectivity index (χ1v) is 10.8. The van der Waals surface area contributed by atoms with Crippen molar-refractivity contribution in [2.24, 2.45) is 0 Å². The highest BCUT2D eigenvalue weighted by atomic mass is 35.5. The van der Waals surface area contributed by atoms with Gasteiger partial charge in [-0.2, -0.15) is 0 Å². The first-order chi connectivity index (χ1) is 15.6. The summed E-state index contributed by atoms with van der Waals surface area (Å²) < 4.78 is 37.9. The van der Waals surface area contributed by atoms with Gasteiger partial charge in [0, 0.05) is 44.4 Å².